The lowest BCUT2D eigenvalue weighted by Crippen LogP contribution is -2.20. The van der Waals surface area contributed by atoms with E-state index in [2.05, 4.69) is 30.8 Å². The Bertz CT molecular complexity index is 1320. The minimum Gasteiger partial charge on any atom is -0.486 e. The highest BCUT2D eigenvalue weighted by Crippen LogP contribution is 2.39. The Morgan fingerprint density at radius 1 is 1.22 bits per heavy atom. The van der Waals surface area contributed by atoms with Crippen LogP contribution in [-0.2, 0) is 6.54 Å². The molecule has 1 fully saturated rings. The monoisotopic (exact) mass is 428 g/mol. The number of benzene rings is 1. The lowest BCUT2D eigenvalue weighted by molar-refractivity contribution is 0.102. The second-order valence-corrected chi connectivity index (χ2v) is 8.13. The fraction of sp³-hybridized carbons (Fsp3) is 0.273. The molecular formula is C22H20N8O2. The summed E-state index contributed by atoms with van der Waals surface area (Å²) in [6, 6.07) is 9.11. The molecule has 0 unspecified atom stereocenters. The van der Waals surface area contributed by atoms with Crippen LogP contribution in [-0.4, -0.2) is 46.8 Å². The number of fused-ring (bicyclic) bond motifs is 3. The van der Waals surface area contributed by atoms with Crippen LogP contribution in [0.4, 0.5) is 5.69 Å². The first-order valence-electron chi connectivity index (χ1n) is 10.5. The molecule has 4 aromatic rings. The number of anilines is 1. The van der Waals surface area contributed by atoms with Gasteiger partial charge in [-0.05, 0) is 54.5 Å². The van der Waals surface area contributed by atoms with Gasteiger partial charge in [-0.3, -0.25) is 9.78 Å². The molecule has 1 aromatic carbocycles. The van der Waals surface area contributed by atoms with Crippen LogP contribution in [0, 0.1) is 0 Å². The number of ether oxygens (including phenoxy) is 1. The number of carbonyl (C=O) groups is 1. The second-order valence-electron chi connectivity index (χ2n) is 8.13. The molecule has 6 rings (SSSR count). The van der Waals surface area contributed by atoms with E-state index in [9.17, 15) is 4.79 Å². The van der Waals surface area contributed by atoms with E-state index in [0.29, 0.717) is 35.4 Å². The number of hydrogen-bond donors (Lipinski definition) is 1. The lowest BCUT2D eigenvalue weighted by Gasteiger charge is -2.16. The third-order valence-electron chi connectivity index (χ3n) is 5.66. The van der Waals surface area contributed by atoms with Crippen molar-refractivity contribution in [1.29, 1.82) is 0 Å². The second kappa shape index (κ2) is 7.26. The summed E-state index contributed by atoms with van der Waals surface area (Å²) in [6.07, 6.45) is 7.64. The summed E-state index contributed by atoms with van der Waals surface area (Å²) in [6.45, 7) is 2.45. The highest BCUT2D eigenvalue weighted by Gasteiger charge is 2.27. The molecule has 4 heterocycles. The first-order chi connectivity index (χ1) is 15.7. The Morgan fingerprint density at radius 2 is 2.12 bits per heavy atom. The van der Waals surface area contributed by atoms with Crippen LogP contribution in [0.2, 0.25) is 0 Å². The van der Waals surface area contributed by atoms with Crippen LogP contribution in [0.5, 0.6) is 5.75 Å². The maximum Gasteiger partial charge on any atom is 0.274 e. The highest BCUT2D eigenvalue weighted by atomic mass is 16.5. The topological polar surface area (TPSA) is 113 Å². The average Bonchev–Trinajstić information content (AvgIpc) is 3.39. The van der Waals surface area contributed by atoms with E-state index < -0.39 is 0 Å². The number of tetrazole rings is 1. The zero-order valence-corrected chi connectivity index (χ0v) is 17.3. The maximum absolute atomic E-state index is 13.1. The van der Waals surface area contributed by atoms with Crippen LogP contribution >= 0.6 is 0 Å². The number of amides is 1. The summed E-state index contributed by atoms with van der Waals surface area (Å²) in [7, 11) is 0. The molecule has 0 radical (unpaired) electrons. The first kappa shape index (κ1) is 18.7. The number of imidazole rings is 1. The van der Waals surface area contributed by atoms with E-state index in [1.165, 1.54) is 12.8 Å². The van der Waals surface area contributed by atoms with Gasteiger partial charge in [0.1, 0.15) is 11.8 Å². The van der Waals surface area contributed by atoms with Crippen molar-refractivity contribution >= 4 is 11.6 Å². The molecule has 2 aliphatic rings. The number of para-hydroxylation sites is 1. The molecule has 1 aliphatic heterocycles. The normalized spacial score (nSPS) is 17.1. The van der Waals surface area contributed by atoms with Gasteiger partial charge in [-0.25, -0.2) is 9.67 Å². The molecule has 0 saturated heterocycles. The molecule has 3 aromatic heterocycles. The lowest BCUT2D eigenvalue weighted by atomic mass is 10.1. The molecule has 0 bridgehead atoms. The summed E-state index contributed by atoms with van der Waals surface area (Å²) in [5, 5.41) is 14.9. The molecule has 10 nitrogen and oxygen atoms in total. The molecule has 160 valence electrons. The molecule has 1 aliphatic carbocycles. The molecule has 1 N–H and O–H groups in total. The SMILES string of the molecule is C[C@@H]1Cn2nnnc2-c2cccc(NC(=O)c3cc(-n4cnc(C5CC5)c4)ccn3)c2O1. The Morgan fingerprint density at radius 3 is 3.00 bits per heavy atom. The van der Waals surface area contributed by atoms with Crippen LogP contribution in [0.1, 0.15) is 41.9 Å². The number of nitrogens with zero attached hydrogens (tertiary/aromatic N) is 7. The van der Waals surface area contributed by atoms with Gasteiger partial charge in [-0.2, -0.15) is 0 Å². The Hall–Kier alpha value is -4.08. The van der Waals surface area contributed by atoms with E-state index in [4.69, 9.17) is 4.74 Å². The summed E-state index contributed by atoms with van der Waals surface area (Å²) in [5.41, 5.74) is 3.49. The Balaban J connectivity index is 1.30. The Kier molecular flexibility index (Phi) is 4.23. The quantitative estimate of drug-likeness (QED) is 0.532. The van der Waals surface area contributed by atoms with Crippen LogP contribution in [0.25, 0.3) is 17.1 Å². The number of pyridine rings is 1. The van der Waals surface area contributed by atoms with E-state index in [0.717, 1.165) is 16.9 Å². The van der Waals surface area contributed by atoms with Crippen LogP contribution in [0.15, 0.2) is 49.1 Å². The molecule has 1 saturated carbocycles. The third kappa shape index (κ3) is 3.29. The van der Waals surface area contributed by atoms with E-state index in [1.54, 1.807) is 29.3 Å². The van der Waals surface area contributed by atoms with Crippen LogP contribution < -0.4 is 10.1 Å². The van der Waals surface area contributed by atoms with Crippen molar-refractivity contribution in [3.8, 4) is 22.8 Å². The van der Waals surface area contributed by atoms with Crippen molar-refractivity contribution in [2.45, 2.75) is 38.3 Å². The summed E-state index contributed by atoms with van der Waals surface area (Å²) in [4.78, 5) is 21.8. The smallest absolute Gasteiger partial charge is 0.274 e. The standard InChI is InChI=1S/C22H20N8O2/c1-13-10-30-21(26-27-28-30)16-3-2-4-17(20(16)32-13)25-22(31)18-9-15(7-8-23-18)29-11-19(24-12-29)14-5-6-14/h2-4,7-9,11-14H,5-6,10H2,1H3,(H,25,31)/t13-/m1/s1. The van der Waals surface area contributed by atoms with E-state index in [1.807, 2.05) is 35.9 Å². The van der Waals surface area contributed by atoms with Crippen molar-refractivity contribution in [1.82, 2.24) is 34.7 Å². The summed E-state index contributed by atoms with van der Waals surface area (Å²) in [5.74, 6) is 1.38. The first-order valence-corrected chi connectivity index (χ1v) is 10.5. The van der Waals surface area contributed by atoms with Crippen molar-refractivity contribution in [3.63, 3.8) is 0 Å². The molecule has 32 heavy (non-hydrogen) atoms. The van der Waals surface area contributed by atoms with Crippen molar-refractivity contribution in [2.24, 2.45) is 0 Å². The maximum atomic E-state index is 13.1. The number of carbonyl (C=O) groups excluding carboxylic acids is 1. The van der Waals surface area contributed by atoms with Gasteiger partial charge < -0.3 is 14.6 Å². The van der Waals surface area contributed by atoms with Gasteiger partial charge in [0.05, 0.1) is 35.5 Å². The zero-order valence-electron chi connectivity index (χ0n) is 17.3. The van der Waals surface area contributed by atoms with Gasteiger partial charge in [0, 0.05) is 18.3 Å². The van der Waals surface area contributed by atoms with Gasteiger partial charge in [-0.15, -0.1) is 5.10 Å². The molecule has 1 amide bonds. The summed E-state index contributed by atoms with van der Waals surface area (Å²) < 4.78 is 9.74. The minimum atomic E-state index is -0.331. The zero-order chi connectivity index (χ0) is 21.7. The van der Waals surface area contributed by atoms with Crippen molar-refractivity contribution in [2.75, 3.05) is 5.32 Å². The average molecular weight is 428 g/mol. The van der Waals surface area contributed by atoms with Gasteiger partial charge >= 0.3 is 0 Å². The highest BCUT2D eigenvalue weighted by molar-refractivity contribution is 6.04. The van der Waals surface area contributed by atoms with E-state index in [-0.39, 0.29) is 12.0 Å². The number of hydrogen-bond acceptors (Lipinski definition) is 7. The van der Waals surface area contributed by atoms with Gasteiger partial charge in [-0.1, -0.05) is 6.07 Å². The van der Waals surface area contributed by atoms with Gasteiger partial charge in [0.25, 0.3) is 5.91 Å². The molecule has 10 heteroatoms. The molecular weight excluding hydrogens is 408 g/mol. The largest absolute Gasteiger partial charge is 0.486 e. The van der Waals surface area contributed by atoms with Crippen molar-refractivity contribution < 1.29 is 9.53 Å². The minimum absolute atomic E-state index is 0.167. The van der Waals surface area contributed by atoms with Crippen LogP contribution in [0.3, 0.4) is 0 Å². The number of aromatic nitrogens is 7. The number of rotatable bonds is 4. The summed E-state index contributed by atoms with van der Waals surface area (Å²) >= 11 is 0. The van der Waals surface area contributed by atoms with E-state index >= 15 is 0 Å². The van der Waals surface area contributed by atoms with Gasteiger partial charge in [0.15, 0.2) is 11.6 Å². The van der Waals surface area contributed by atoms with Crippen molar-refractivity contribution in [3.05, 3.63) is 60.4 Å². The number of nitrogens with one attached hydrogen (secondary N) is 1. The molecule has 1 atom stereocenters. The predicted octanol–water partition coefficient (Wildman–Crippen LogP) is 2.83. The molecule has 0 spiro atoms. The fourth-order valence-electron chi connectivity index (χ4n) is 3.90. The third-order valence-corrected chi connectivity index (χ3v) is 5.66. The predicted molar refractivity (Wildman–Crippen MR) is 115 cm³/mol. The van der Waals surface area contributed by atoms with Gasteiger partial charge in [0.2, 0.25) is 0 Å². The fourth-order valence-corrected chi connectivity index (χ4v) is 3.90. The Labute approximate surface area is 183 Å².